The molecule has 1 heterocycles. The summed E-state index contributed by atoms with van der Waals surface area (Å²) >= 11 is 6.02. The lowest BCUT2D eigenvalue weighted by Crippen LogP contribution is -2.55. The predicted octanol–water partition coefficient (Wildman–Crippen LogP) is 1.85. The van der Waals surface area contributed by atoms with Crippen LogP contribution >= 0.6 is 11.6 Å². The summed E-state index contributed by atoms with van der Waals surface area (Å²) < 4.78 is 13.3. The molecule has 0 aromatic heterocycles. The second kappa shape index (κ2) is 4.47. The Morgan fingerprint density at radius 1 is 1.53 bits per heavy atom. The maximum absolute atomic E-state index is 13.3. The molecule has 1 aromatic carbocycles. The summed E-state index contributed by atoms with van der Waals surface area (Å²) in [5.41, 5.74) is 1.42. The van der Waals surface area contributed by atoms with Crippen LogP contribution in [-0.2, 0) is 6.54 Å². The van der Waals surface area contributed by atoms with E-state index in [1.807, 2.05) is 0 Å². The van der Waals surface area contributed by atoms with Crippen LogP contribution in [0.25, 0.3) is 0 Å². The molecule has 2 rings (SSSR count). The summed E-state index contributed by atoms with van der Waals surface area (Å²) in [6, 6.07) is 3.68. The fraction of sp³-hybridized carbons (Fsp3) is 0.455. The molecule has 1 aliphatic heterocycles. The fourth-order valence-corrected chi connectivity index (χ4v) is 1.80. The van der Waals surface area contributed by atoms with Gasteiger partial charge in [-0.25, -0.2) is 4.39 Å². The van der Waals surface area contributed by atoms with Crippen LogP contribution in [0.15, 0.2) is 12.1 Å². The monoisotopic (exact) mass is 228 g/mol. The highest BCUT2D eigenvalue weighted by atomic mass is 35.5. The highest BCUT2D eigenvalue weighted by molar-refractivity contribution is 6.31. The van der Waals surface area contributed by atoms with Crippen LogP contribution in [-0.4, -0.2) is 19.1 Å². The number of hydrogen-bond donors (Lipinski definition) is 2. The van der Waals surface area contributed by atoms with Crippen molar-refractivity contribution in [1.29, 1.82) is 0 Å². The molecule has 2 nitrogen and oxygen atoms in total. The fourth-order valence-electron chi connectivity index (χ4n) is 1.51. The van der Waals surface area contributed by atoms with Crippen LogP contribution in [0.3, 0.4) is 0 Å². The molecule has 1 aromatic rings. The van der Waals surface area contributed by atoms with Gasteiger partial charge in [0.25, 0.3) is 0 Å². The van der Waals surface area contributed by atoms with E-state index in [1.165, 1.54) is 6.07 Å². The predicted molar refractivity (Wildman–Crippen MR) is 59.6 cm³/mol. The van der Waals surface area contributed by atoms with Crippen molar-refractivity contribution < 1.29 is 4.39 Å². The van der Waals surface area contributed by atoms with Gasteiger partial charge in [0.05, 0.1) is 0 Å². The molecule has 0 amide bonds. The third-order valence-electron chi connectivity index (χ3n) is 2.69. The topological polar surface area (TPSA) is 24.1 Å². The van der Waals surface area contributed by atoms with E-state index in [9.17, 15) is 4.39 Å². The summed E-state index contributed by atoms with van der Waals surface area (Å²) in [5.74, 6) is -0.192. The van der Waals surface area contributed by atoms with Crippen LogP contribution in [0.4, 0.5) is 4.39 Å². The Morgan fingerprint density at radius 2 is 2.27 bits per heavy atom. The molecule has 0 saturated carbocycles. The molecular formula is C11H14ClFN2. The Morgan fingerprint density at radius 3 is 2.87 bits per heavy atom. The van der Waals surface area contributed by atoms with E-state index >= 15 is 0 Å². The van der Waals surface area contributed by atoms with Gasteiger partial charge in [0, 0.05) is 30.7 Å². The minimum Gasteiger partial charge on any atom is -0.314 e. The average molecular weight is 229 g/mol. The summed E-state index contributed by atoms with van der Waals surface area (Å²) in [7, 11) is 0. The second-order valence-electron chi connectivity index (χ2n) is 3.93. The smallest absolute Gasteiger partial charge is 0.126 e. The Balaban J connectivity index is 2.03. The van der Waals surface area contributed by atoms with Gasteiger partial charge in [0.15, 0.2) is 0 Å². The van der Waals surface area contributed by atoms with E-state index in [2.05, 4.69) is 10.6 Å². The molecule has 1 saturated heterocycles. The molecule has 15 heavy (non-hydrogen) atoms. The van der Waals surface area contributed by atoms with Gasteiger partial charge in [-0.3, -0.25) is 0 Å². The average Bonchev–Trinajstić information content (AvgIpc) is 2.11. The molecular weight excluding hydrogens is 215 g/mol. The van der Waals surface area contributed by atoms with E-state index in [0.717, 1.165) is 18.7 Å². The maximum atomic E-state index is 13.3. The Hall–Kier alpha value is -0.640. The maximum Gasteiger partial charge on any atom is 0.126 e. The highest BCUT2D eigenvalue weighted by Gasteiger charge is 2.16. The van der Waals surface area contributed by atoms with Gasteiger partial charge in [0.2, 0.25) is 0 Å². The minimum atomic E-state index is -0.192. The minimum absolute atomic E-state index is 0.192. The van der Waals surface area contributed by atoms with E-state index < -0.39 is 0 Å². The van der Waals surface area contributed by atoms with E-state index in [1.54, 1.807) is 13.0 Å². The quantitative estimate of drug-likeness (QED) is 0.825. The first-order valence-electron chi connectivity index (χ1n) is 5.05. The first-order chi connectivity index (χ1) is 7.16. The summed E-state index contributed by atoms with van der Waals surface area (Å²) in [6.07, 6.45) is 0. The molecule has 0 spiro atoms. The van der Waals surface area contributed by atoms with Crippen LogP contribution in [0.5, 0.6) is 0 Å². The largest absolute Gasteiger partial charge is 0.314 e. The molecule has 2 N–H and O–H groups in total. The summed E-state index contributed by atoms with van der Waals surface area (Å²) in [4.78, 5) is 0. The zero-order chi connectivity index (χ0) is 10.8. The van der Waals surface area contributed by atoms with Crippen molar-refractivity contribution in [2.45, 2.75) is 19.5 Å². The van der Waals surface area contributed by atoms with Gasteiger partial charge < -0.3 is 10.6 Å². The van der Waals surface area contributed by atoms with Gasteiger partial charge in [0.1, 0.15) is 5.82 Å². The molecule has 0 atom stereocenters. The number of benzene rings is 1. The van der Waals surface area contributed by atoms with Gasteiger partial charge in [-0.15, -0.1) is 0 Å². The Bertz CT molecular complexity index is 364. The van der Waals surface area contributed by atoms with Crippen molar-refractivity contribution in [3.63, 3.8) is 0 Å². The lowest BCUT2D eigenvalue weighted by Gasteiger charge is -2.28. The molecule has 0 radical (unpaired) electrons. The van der Waals surface area contributed by atoms with Crippen LogP contribution < -0.4 is 10.6 Å². The summed E-state index contributed by atoms with van der Waals surface area (Å²) in [5, 5.41) is 7.11. The Labute approximate surface area is 93.8 Å². The zero-order valence-corrected chi connectivity index (χ0v) is 9.37. The number of hydrogen-bond acceptors (Lipinski definition) is 2. The normalized spacial score (nSPS) is 16.5. The van der Waals surface area contributed by atoms with Crippen molar-refractivity contribution in [3.8, 4) is 0 Å². The van der Waals surface area contributed by atoms with Crippen LogP contribution in [0, 0.1) is 12.7 Å². The number of rotatable bonds is 3. The van der Waals surface area contributed by atoms with Crippen molar-refractivity contribution in [2.24, 2.45) is 0 Å². The second-order valence-corrected chi connectivity index (χ2v) is 4.34. The molecule has 0 unspecified atom stereocenters. The number of nitrogens with one attached hydrogen (secondary N) is 2. The van der Waals surface area contributed by atoms with Gasteiger partial charge >= 0.3 is 0 Å². The molecule has 0 bridgehead atoms. The lowest BCUT2D eigenvalue weighted by molar-refractivity contribution is 0.365. The van der Waals surface area contributed by atoms with Gasteiger partial charge in [-0.2, -0.15) is 0 Å². The standard InChI is InChI=1S/C11H14ClFN2/c1-7-2-10(12)8(3-11(7)13)4-15-9-5-14-6-9/h2-3,9,14-15H,4-6H2,1H3. The van der Waals surface area contributed by atoms with Crippen LogP contribution in [0.1, 0.15) is 11.1 Å². The highest BCUT2D eigenvalue weighted by Crippen LogP contribution is 2.20. The SMILES string of the molecule is Cc1cc(Cl)c(CNC2CNC2)cc1F. The third kappa shape index (κ3) is 2.48. The van der Waals surface area contributed by atoms with E-state index in [-0.39, 0.29) is 5.82 Å². The third-order valence-corrected chi connectivity index (χ3v) is 3.04. The number of aryl methyl sites for hydroxylation is 1. The zero-order valence-electron chi connectivity index (χ0n) is 8.61. The van der Waals surface area contributed by atoms with E-state index in [4.69, 9.17) is 11.6 Å². The Kier molecular flexibility index (Phi) is 3.24. The van der Waals surface area contributed by atoms with Crippen LogP contribution in [0.2, 0.25) is 5.02 Å². The van der Waals surface area contributed by atoms with Crippen molar-refractivity contribution in [2.75, 3.05) is 13.1 Å². The first-order valence-corrected chi connectivity index (χ1v) is 5.43. The molecule has 82 valence electrons. The van der Waals surface area contributed by atoms with Gasteiger partial charge in [-0.1, -0.05) is 11.6 Å². The van der Waals surface area contributed by atoms with Crippen molar-refractivity contribution in [1.82, 2.24) is 10.6 Å². The van der Waals surface area contributed by atoms with Crippen molar-refractivity contribution in [3.05, 3.63) is 34.1 Å². The van der Waals surface area contributed by atoms with E-state index in [0.29, 0.717) is 23.2 Å². The summed E-state index contributed by atoms with van der Waals surface area (Å²) in [6.45, 7) is 4.30. The van der Waals surface area contributed by atoms with Crippen molar-refractivity contribution >= 4 is 11.6 Å². The molecule has 0 aliphatic carbocycles. The lowest BCUT2D eigenvalue weighted by atomic mass is 10.1. The molecule has 1 fully saturated rings. The molecule has 1 aliphatic rings. The first kappa shape index (κ1) is 10.9. The number of halogens is 2. The van der Waals surface area contributed by atoms with Gasteiger partial charge in [-0.05, 0) is 30.2 Å². The molecule has 4 heteroatoms.